The number of rotatable bonds is 4. The molecule has 1 N–H and O–H groups in total. The lowest BCUT2D eigenvalue weighted by molar-refractivity contribution is -0.137. The summed E-state index contributed by atoms with van der Waals surface area (Å²) in [4.78, 5) is 0. The predicted molar refractivity (Wildman–Crippen MR) is 74.5 cm³/mol. The van der Waals surface area contributed by atoms with Crippen molar-refractivity contribution in [2.45, 2.75) is 46.3 Å². The Balaban J connectivity index is 2.31. The third-order valence-electron chi connectivity index (χ3n) is 4.35. The van der Waals surface area contributed by atoms with Gasteiger partial charge >= 0.3 is 6.18 Å². The molecule has 0 bridgehead atoms. The first-order valence-electron chi connectivity index (χ1n) is 7.08. The molecule has 1 fully saturated rings. The normalized spacial score (nSPS) is 22.6. The third-order valence-corrected chi connectivity index (χ3v) is 4.35. The van der Waals surface area contributed by atoms with E-state index in [1.54, 1.807) is 13.0 Å². The van der Waals surface area contributed by atoms with Crippen LogP contribution in [0.4, 0.5) is 13.2 Å². The summed E-state index contributed by atoms with van der Waals surface area (Å²) in [6, 6.07) is 4.24. The lowest BCUT2D eigenvalue weighted by atomic mass is 9.92. The molecule has 0 spiro atoms. The van der Waals surface area contributed by atoms with Gasteiger partial charge in [0, 0.05) is 6.04 Å². The minimum atomic E-state index is -4.27. The van der Waals surface area contributed by atoms with Gasteiger partial charge in [-0.25, -0.2) is 0 Å². The standard InChI is InChI=1S/C16H22F3N/c1-5-20-14(13-9-15(13,3)4)12-7-6-11(8-10(12)2)16(17,18)19/h6-8,13-14,20H,5,9H2,1-4H3. The molecule has 0 aliphatic heterocycles. The predicted octanol–water partition coefficient (Wildman–Crippen LogP) is 4.71. The van der Waals surface area contributed by atoms with Crippen LogP contribution in [-0.4, -0.2) is 6.54 Å². The van der Waals surface area contributed by atoms with E-state index in [1.807, 2.05) is 6.92 Å². The van der Waals surface area contributed by atoms with Gasteiger partial charge in [0.05, 0.1) is 5.56 Å². The van der Waals surface area contributed by atoms with Crippen molar-refractivity contribution in [1.82, 2.24) is 5.32 Å². The van der Waals surface area contributed by atoms with Gasteiger partial charge in [0.1, 0.15) is 0 Å². The average Bonchev–Trinajstić information content (AvgIpc) is 2.94. The zero-order valence-electron chi connectivity index (χ0n) is 12.4. The molecule has 1 aliphatic carbocycles. The second-order valence-electron chi connectivity index (χ2n) is 6.40. The zero-order chi connectivity index (χ0) is 15.1. The summed E-state index contributed by atoms with van der Waals surface area (Å²) in [7, 11) is 0. The Bertz CT molecular complexity index is 491. The number of aryl methyl sites for hydroxylation is 1. The molecule has 1 aliphatic rings. The highest BCUT2D eigenvalue weighted by Crippen LogP contribution is 2.58. The number of alkyl halides is 3. The molecule has 1 saturated carbocycles. The van der Waals surface area contributed by atoms with Crippen molar-refractivity contribution >= 4 is 0 Å². The number of hydrogen-bond donors (Lipinski definition) is 1. The largest absolute Gasteiger partial charge is 0.416 e. The maximum Gasteiger partial charge on any atom is 0.416 e. The van der Waals surface area contributed by atoms with Crippen molar-refractivity contribution < 1.29 is 13.2 Å². The van der Waals surface area contributed by atoms with E-state index in [1.165, 1.54) is 12.1 Å². The van der Waals surface area contributed by atoms with Crippen LogP contribution in [0.1, 0.15) is 49.9 Å². The maximum absolute atomic E-state index is 12.7. The van der Waals surface area contributed by atoms with Crippen LogP contribution in [0.25, 0.3) is 0 Å². The van der Waals surface area contributed by atoms with Crippen molar-refractivity contribution in [3.63, 3.8) is 0 Å². The summed E-state index contributed by atoms with van der Waals surface area (Å²) < 4.78 is 38.2. The van der Waals surface area contributed by atoms with Gasteiger partial charge < -0.3 is 5.32 Å². The zero-order valence-corrected chi connectivity index (χ0v) is 12.4. The van der Waals surface area contributed by atoms with Gasteiger partial charge in [-0.1, -0.05) is 26.8 Å². The molecule has 1 aromatic rings. The van der Waals surface area contributed by atoms with Gasteiger partial charge in [-0.3, -0.25) is 0 Å². The van der Waals surface area contributed by atoms with Gasteiger partial charge in [0.2, 0.25) is 0 Å². The number of nitrogens with one attached hydrogen (secondary N) is 1. The Morgan fingerprint density at radius 3 is 2.35 bits per heavy atom. The summed E-state index contributed by atoms with van der Waals surface area (Å²) in [6.07, 6.45) is -3.15. The van der Waals surface area contributed by atoms with Crippen molar-refractivity contribution in [2.75, 3.05) is 6.54 Å². The molecule has 0 aromatic heterocycles. The molecular weight excluding hydrogens is 263 g/mol. The van der Waals surface area contributed by atoms with E-state index in [4.69, 9.17) is 0 Å². The number of halogens is 3. The highest BCUT2D eigenvalue weighted by Gasteiger charge is 2.50. The fraction of sp³-hybridized carbons (Fsp3) is 0.625. The van der Waals surface area contributed by atoms with Crippen molar-refractivity contribution in [3.05, 3.63) is 34.9 Å². The van der Waals surface area contributed by atoms with Crippen LogP contribution in [0.5, 0.6) is 0 Å². The van der Waals surface area contributed by atoms with Crippen LogP contribution in [0.3, 0.4) is 0 Å². The summed E-state index contributed by atoms with van der Waals surface area (Å²) in [5.74, 6) is 0.498. The summed E-state index contributed by atoms with van der Waals surface area (Å²) in [6.45, 7) is 9.03. The smallest absolute Gasteiger partial charge is 0.310 e. The van der Waals surface area contributed by atoms with E-state index in [-0.39, 0.29) is 11.5 Å². The molecule has 112 valence electrons. The molecule has 2 unspecified atom stereocenters. The second kappa shape index (κ2) is 5.06. The fourth-order valence-corrected chi connectivity index (χ4v) is 2.97. The maximum atomic E-state index is 12.7. The molecule has 0 amide bonds. The van der Waals surface area contributed by atoms with Gasteiger partial charge in [-0.05, 0) is 54.5 Å². The molecule has 0 radical (unpaired) electrons. The van der Waals surface area contributed by atoms with Crippen molar-refractivity contribution in [1.29, 1.82) is 0 Å². The van der Waals surface area contributed by atoms with E-state index in [0.29, 0.717) is 11.5 Å². The first-order valence-corrected chi connectivity index (χ1v) is 7.08. The van der Waals surface area contributed by atoms with Crippen LogP contribution < -0.4 is 5.32 Å². The summed E-state index contributed by atoms with van der Waals surface area (Å²) in [5, 5.41) is 3.43. The first kappa shape index (κ1) is 15.4. The minimum Gasteiger partial charge on any atom is -0.310 e. The summed E-state index contributed by atoms with van der Waals surface area (Å²) in [5.41, 5.74) is 1.43. The number of hydrogen-bond acceptors (Lipinski definition) is 1. The van der Waals surface area contributed by atoms with Crippen LogP contribution in [-0.2, 0) is 6.18 Å². The molecule has 2 rings (SSSR count). The third kappa shape index (κ3) is 3.00. The molecule has 20 heavy (non-hydrogen) atoms. The minimum absolute atomic E-state index is 0.150. The van der Waals surface area contributed by atoms with Gasteiger partial charge in [-0.2, -0.15) is 13.2 Å². The monoisotopic (exact) mass is 285 g/mol. The van der Waals surface area contributed by atoms with Crippen molar-refractivity contribution in [2.24, 2.45) is 11.3 Å². The van der Waals surface area contributed by atoms with E-state index < -0.39 is 11.7 Å². The van der Waals surface area contributed by atoms with Crippen LogP contribution in [0.2, 0.25) is 0 Å². The second-order valence-corrected chi connectivity index (χ2v) is 6.40. The molecule has 2 atom stereocenters. The Kier molecular flexibility index (Phi) is 3.89. The molecule has 0 saturated heterocycles. The highest BCUT2D eigenvalue weighted by atomic mass is 19.4. The lowest BCUT2D eigenvalue weighted by Gasteiger charge is -2.23. The quantitative estimate of drug-likeness (QED) is 0.844. The number of benzene rings is 1. The van der Waals surface area contributed by atoms with Crippen LogP contribution >= 0.6 is 0 Å². The van der Waals surface area contributed by atoms with Gasteiger partial charge in [0.15, 0.2) is 0 Å². The average molecular weight is 285 g/mol. The SMILES string of the molecule is CCNC(c1ccc(C(F)(F)F)cc1C)C1CC1(C)C. The molecular formula is C16H22F3N. The van der Waals surface area contributed by atoms with Gasteiger partial charge in [-0.15, -0.1) is 0 Å². The van der Waals surface area contributed by atoms with Gasteiger partial charge in [0.25, 0.3) is 0 Å². The Labute approximate surface area is 118 Å². The Hall–Kier alpha value is -1.03. The van der Waals surface area contributed by atoms with E-state index in [2.05, 4.69) is 19.2 Å². The Morgan fingerprint density at radius 1 is 1.35 bits per heavy atom. The molecule has 1 aromatic carbocycles. The van der Waals surface area contributed by atoms with Crippen LogP contribution in [0.15, 0.2) is 18.2 Å². The highest BCUT2D eigenvalue weighted by molar-refractivity contribution is 5.36. The molecule has 0 heterocycles. The summed E-state index contributed by atoms with van der Waals surface area (Å²) >= 11 is 0. The fourth-order valence-electron chi connectivity index (χ4n) is 2.97. The van der Waals surface area contributed by atoms with Crippen molar-refractivity contribution in [3.8, 4) is 0 Å². The lowest BCUT2D eigenvalue weighted by Crippen LogP contribution is -2.25. The van der Waals surface area contributed by atoms with E-state index in [0.717, 1.165) is 18.5 Å². The molecule has 4 heteroatoms. The van der Waals surface area contributed by atoms with Crippen LogP contribution in [0, 0.1) is 18.3 Å². The topological polar surface area (TPSA) is 12.0 Å². The first-order chi connectivity index (χ1) is 9.16. The van der Waals surface area contributed by atoms with E-state index in [9.17, 15) is 13.2 Å². The van der Waals surface area contributed by atoms with E-state index >= 15 is 0 Å². The Morgan fingerprint density at radius 2 is 1.95 bits per heavy atom. The molecule has 1 nitrogen and oxygen atoms in total.